The quantitative estimate of drug-likeness (QED) is 0.146. The van der Waals surface area contributed by atoms with Crippen LogP contribution >= 0.6 is 0 Å². The molecule has 0 amide bonds. The lowest BCUT2D eigenvalue weighted by atomic mass is 10.1. The van der Waals surface area contributed by atoms with E-state index in [1.165, 1.54) is 0 Å². The fraction of sp³-hybridized carbons (Fsp3) is 0.800. The highest BCUT2D eigenvalue weighted by atomic mass is 28.4. The van der Waals surface area contributed by atoms with Crippen molar-refractivity contribution in [1.29, 1.82) is 0 Å². The van der Waals surface area contributed by atoms with Crippen molar-refractivity contribution in [3.8, 4) is 0 Å². The first-order valence-corrected chi connectivity index (χ1v) is 16.3. The van der Waals surface area contributed by atoms with E-state index in [0.29, 0.717) is 31.4 Å². The Morgan fingerprint density at radius 3 is 2.10 bits per heavy atom. The zero-order chi connectivity index (χ0) is 23.4. The summed E-state index contributed by atoms with van der Waals surface area (Å²) < 4.78 is 21.7. The molecule has 0 aromatic heterocycles. The zero-order valence-corrected chi connectivity index (χ0v) is 21.4. The molecule has 0 saturated carbocycles. The van der Waals surface area contributed by atoms with Crippen LogP contribution in [-0.4, -0.2) is 77.7 Å². The van der Waals surface area contributed by atoms with Gasteiger partial charge in [-0.1, -0.05) is 13.5 Å². The fourth-order valence-electron chi connectivity index (χ4n) is 2.77. The van der Waals surface area contributed by atoms with Gasteiger partial charge in [0.25, 0.3) is 0 Å². The normalized spacial score (nSPS) is 15.9. The highest BCUT2D eigenvalue weighted by Gasteiger charge is 2.34. The van der Waals surface area contributed by atoms with Crippen LogP contribution in [0.2, 0.25) is 32.2 Å². The number of hydrogen-bond donors (Lipinski definition) is 2. The van der Waals surface area contributed by atoms with Gasteiger partial charge in [-0.2, -0.15) is 0 Å². The standard InChI is InChI=1S/C20H40O8Si2/c1-16(2)19(22)8-9-20(23)27-14-18(21)13-26-11-10-25-12-17(3)15-30(7,24)28-29(4,5)6/h17-18,21,24H,1,8-15H2,2-7H3. The molecule has 3 unspecified atom stereocenters. The SMILES string of the molecule is C=C(C)C(=O)CCC(=O)OCC(O)COCCOCC(C)C[Si](C)(O)O[Si](C)(C)C. The average molecular weight is 465 g/mol. The molecule has 0 aliphatic heterocycles. The Kier molecular flexibility index (Phi) is 13.8. The number of aliphatic hydroxyl groups excluding tert-OH is 1. The van der Waals surface area contributed by atoms with Crippen LogP contribution in [0, 0.1) is 5.92 Å². The number of rotatable bonds is 17. The first-order valence-electron chi connectivity index (χ1n) is 10.3. The molecule has 2 N–H and O–H groups in total. The molecule has 8 nitrogen and oxygen atoms in total. The van der Waals surface area contributed by atoms with Gasteiger partial charge < -0.3 is 28.2 Å². The van der Waals surface area contributed by atoms with E-state index in [4.69, 9.17) is 18.3 Å². The van der Waals surface area contributed by atoms with Crippen LogP contribution in [0.4, 0.5) is 0 Å². The Hall–Kier alpha value is -0.886. The van der Waals surface area contributed by atoms with Gasteiger partial charge in [-0.25, -0.2) is 0 Å². The van der Waals surface area contributed by atoms with Crippen molar-refractivity contribution >= 4 is 28.6 Å². The zero-order valence-electron chi connectivity index (χ0n) is 19.4. The molecule has 0 rings (SSSR count). The minimum atomic E-state index is -2.68. The summed E-state index contributed by atoms with van der Waals surface area (Å²) >= 11 is 0. The van der Waals surface area contributed by atoms with Gasteiger partial charge in [-0.05, 0) is 50.6 Å². The predicted molar refractivity (Wildman–Crippen MR) is 120 cm³/mol. The molecule has 0 spiro atoms. The van der Waals surface area contributed by atoms with Gasteiger partial charge in [0, 0.05) is 13.0 Å². The van der Waals surface area contributed by atoms with Gasteiger partial charge in [0.2, 0.25) is 0 Å². The van der Waals surface area contributed by atoms with Gasteiger partial charge in [-0.3, -0.25) is 9.59 Å². The Bertz CT molecular complexity index is 545. The molecule has 0 aliphatic carbocycles. The first-order chi connectivity index (χ1) is 13.7. The summed E-state index contributed by atoms with van der Waals surface area (Å²) in [7, 11) is -4.45. The Morgan fingerprint density at radius 2 is 1.57 bits per heavy atom. The second-order valence-corrected chi connectivity index (χ2v) is 16.7. The second-order valence-electron chi connectivity index (χ2n) is 8.89. The van der Waals surface area contributed by atoms with E-state index in [-0.39, 0.29) is 37.8 Å². The second kappa shape index (κ2) is 14.2. The largest absolute Gasteiger partial charge is 0.463 e. The molecular weight excluding hydrogens is 424 g/mol. The number of aliphatic hydroxyl groups is 1. The number of allylic oxidation sites excluding steroid dienone is 1. The topological polar surface area (TPSA) is 112 Å². The molecule has 0 heterocycles. The summed E-state index contributed by atoms with van der Waals surface area (Å²) in [4.78, 5) is 33.4. The van der Waals surface area contributed by atoms with Crippen molar-refractivity contribution in [3.63, 3.8) is 0 Å². The van der Waals surface area contributed by atoms with E-state index in [0.717, 1.165) is 0 Å². The van der Waals surface area contributed by atoms with E-state index in [9.17, 15) is 19.5 Å². The molecule has 0 bridgehead atoms. The van der Waals surface area contributed by atoms with Crippen molar-refractivity contribution in [3.05, 3.63) is 12.2 Å². The van der Waals surface area contributed by atoms with E-state index in [1.54, 1.807) is 6.92 Å². The third-order valence-electron chi connectivity index (χ3n) is 3.81. The van der Waals surface area contributed by atoms with Crippen LogP contribution in [-0.2, 0) is 27.9 Å². The van der Waals surface area contributed by atoms with Gasteiger partial charge in [0.15, 0.2) is 14.1 Å². The summed E-state index contributed by atoms with van der Waals surface area (Å²) in [6.07, 6.45) is -0.924. The number of hydrogen-bond acceptors (Lipinski definition) is 8. The van der Waals surface area contributed by atoms with E-state index >= 15 is 0 Å². The summed E-state index contributed by atoms with van der Waals surface area (Å²) in [5.41, 5.74) is 0.403. The number of esters is 1. The van der Waals surface area contributed by atoms with Crippen LogP contribution < -0.4 is 0 Å². The number of carbonyl (C=O) groups is 2. The lowest BCUT2D eigenvalue weighted by molar-refractivity contribution is -0.148. The number of ether oxygens (including phenoxy) is 3. The summed E-state index contributed by atoms with van der Waals surface area (Å²) in [5, 5.41) is 9.77. The molecular formula is C20H40O8Si2. The number of ketones is 1. The van der Waals surface area contributed by atoms with Crippen molar-refractivity contribution in [1.82, 2.24) is 0 Å². The highest BCUT2D eigenvalue weighted by Crippen LogP contribution is 2.20. The minimum absolute atomic E-state index is 0.0164. The Labute approximate surface area is 182 Å². The molecule has 176 valence electrons. The molecule has 10 heteroatoms. The molecule has 0 aromatic carbocycles. The molecule has 30 heavy (non-hydrogen) atoms. The third kappa shape index (κ3) is 16.9. The predicted octanol–water partition coefficient (Wildman–Crippen LogP) is 2.40. The van der Waals surface area contributed by atoms with E-state index in [2.05, 4.69) is 26.2 Å². The molecule has 0 aromatic rings. The number of carbonyl (C=O) groups excluding carboxylic acids is 2. The molecule has 0 fully saturated rings. The van der Waals surface area contributed by atoms with Crippen LogP contribution in [0.5, 0.6) is 0 Å². The fourth-order valence-corrected chi connectivity index (χ4v) is 9.79. The summed E-state index contributed by atoms with van der Waals surface area (Å²) in [5.74, 6) is -0.553. The average Bonchev–Trinajstić information content (AvgIpc) is 2.57. The van der Waals surface area contributed by atoms with Crippen LogP contribution in [0.3, 0.4) is 0 Å². The smallest absolute Gasteiger partial charge is 0.322 e. The molecule has 0 aliphatic rings. The molecule has 0 radical (unpaired) electrons. The Morgan fingerprint density at radius 1 is 1.00 bits per heavy atom. The monoisotopic (exact) mass is 464 g/mol. The van der Waals surface area contributed by atoms with Crippen molar-refractivity contribution in [2.24, 2.45) is 5.92 Å². The summed E-state index contributed by atoms with van der Waals surface area (Å²) in [6, 6.07) is 0.611. The van der Waals surface area contributed by atoms with Crippen LogP contribution in [0.15, 0.2) is 12.2 Å². The maximum atomic E-state index is 11.5. The van der Waals surface area contributed by atoms with Crippen molar-refractivity contribution in [2.45, 2.75) is 65.0 Å². The lowest BCUT2D eigenvalue weighted by Crippen LogP contribution is -2.46. The Balaban J connectivity index is 3.79. The summed E-state index contributed by atoms with van der Waals surface area (Å²) in [6.45, 7) is 16.1. The number of Topliss-reactive ketones (excluding diaryl/α,β-unsaturated/α-hetero) is 1. The van der Waals surface area contributed by atoms with Crippen molar-refractivity contribution < 1.29 is 37.8 Å². The van der Waals surface area contributed by atoms with Gasteiger partial charge in [-0.15, -0.1) is 0 Å². The van der Waals surface area contributed by atoms with Gasteiger partial charge in [0.1, 0.15) is 12.7 Å². The van der Waals surface area contributed by atoms with Crippen LogP contribution in [0.25, 0.3) is 0 Å². The minimum Gasteiger partial charge on any atom is -0.463 e. The third-order valence-corrected chi connectivity index (χ3v) is 9.47. The maximum Gasteiger partial charge on any atom is 0.322 e. The van der Waals surface area contributed by atoms with Crippen LogP contribution in [0.1, 0.15) is 26.7 Å². The molecule has 0 saturated heterocycles. The highest BCUT2D eigenvalue weighted by molar-refractivity contribution is 6.81. The first kappa shape index (κ1) is 29.1. The maximum absolute atomic E-state index is 11.5. The van der Waals surface area contributed by atoms with Gasteiger partial charge in [0.05, 0.1) is 26.2 Å². The van der Waals surface area contributed by atoms with E-state index in [1.807, 2.05) is 13.5 Å². The van der Waals surface area contributed by atoms with Crippen molar-refractivity contribution in [2.75, 3.05) is 33.0 Å². The van der Waals surface area contributed by atoms with E-state index < -0.39 is 29.0 Å². The van der Waals surface area contributed by atoms with Gasteiger partial charge >= 0.3 is 14.5 Å². The molecule has 3 atom stereocenters. The lowest BCUT2D eigenvalue weighted by Gasteiger charge is -2.31.